The highest BCUT2D eigenvalue weighted by atomic mass is 32.2. The Morgan fingerprint density at radius 1 is 1.35 bits per heavy atom. The number of hydrogen-bond acceptors (Lipinski definition) is 3. The largest absolute Gasteiger partial charge is 0.330 e. The average Bonchev–Trinajstić information content (AvgIpc) is 2.69. The first-order chi connectivity index (χ1) is 8.02. The van der Waals surface area contributed by atoms with Crippen LogP contribution in [0.25, 0.3) is 0 Å². The zero-order valence-electron chi connectivity index (χ0n) is 10.1. The minimum absolute atomic E-state index is 0.183. The van der Waals surface area contributed by atoms with Gasteiger partial charge in [0, 0.05) is 0 Å². The van der Waals surface area contributed by atoms with Gasteiger partial charge < -0.3 is 5.73 Å². The Kier molecular flexibility index (Phi) is 3.54. The molecule has 1 aliphatic heterocycles. The van der Waals surface area contributed by atoms with Gasteiger partial charge in [0.05, 0.1) is 11.5 Å². The molecule has 2 N–H and O–H groups in total. The quantitative estimate of drug-likeness (QED) is 0.891. The van der Waals surface area contributed by atoms with E-state index in [-0.39, 0.29) is 5.92 Å². The third-order valence-corrected chi connectivity index (χ3v) is 5.33. The van der Waals surface area contributed by atoms with Crippen molar-refractivity contribution in [3.63, 3.8) is 0 Å². The predicted octanol–water partition coefficient (Wildman–Crippen LogP) is 1.65. The SMILES string of the molecule is CC(CN)c1ccc(C2CCS(=O)(=O)C2)cc1. The van der Waals surface area contributed by atoms with Crippen molar-refractivity contribution < 1.29 is 8.42 Å². The number of nitrogens with two attached hydrogens (primary N) is 1. The Morgan fingerprint density at radius 3 is 2.47 bits per heavy atom. The third kappa shape index (κ3) is 2.87. The molecule has 1 saturated heterocycles. The van der Waals surface area contributed by atoms with Crippen LogP contribution in [0.3, 0.4) is 0 Å². The lowest BCUT2D eigenvalue weighted by atomic mass is 9.94. The molecule has 0 amide bonds. The second kappa shape index (κ2) is 4.78. The summed E-state index contributed by atoms with van der Waals surface area (Å²) < 4.78 is 22.8. The number of sulfone groups is 1. The summed E-state index contributed by atoms with van der Waals surface area (Å²) in [7, 11) is -2.79. The van der Waals surface area contributed by atoms with Crippen LogP contribution in [0, 0.1) is 0 Å². The Morgan fingerprint density at radius 2 is 2.00 bits per heavy atom. The first kappa shape index (κ1) is 12.6. The summed E-state index contributed by atoms with van der Waals surface area (Å²) in [4.78, 5) is 0. The standard InChI is InChI=1S/C13H19NO2S/c1-10(8-14)11-2-4-12(5-3-11)13-6-7-17(15,16)9-13/h2-5,10,13H,6-9,14H2,1H3. The van der Waals surface area contributed by atoms with Crippen molar-refractivity contribution in [1.29, 1.82) is 0 Å². The van der Waals surface area contributed by atoms with Gasteiger partial charge >= 0.3 is 0 Å². The van der Waals surface area contributed by atoms with Crippen LogP contribution in [-0.4, -0.2) is 26.5 Å². The van der Waals surface area contributed by atoms with E-state index in [2.05, 4.69) is 19.1 Å². The molecule has 0 spiro atoms. The molecule has 17 heavy (non-hydrogen) atoms. The molecule has 1 heterocycles. The number of benzene rings is 1. The van der Waals surface area contributed by atoms with Crippen LogP contribution in [0.4, 0.5) is 0 Å². The van der Waals surface area contributed by atoms with E-state index >= 15 is 0 Å². The fourth-order valence-corrected chi connectivity index (χ4v) is 4.07. The monoisotopic (exact) mass is 253 g/mol. The summed E-state index contributed by atoms with van der Waals surface area (Å²) in [5, 5.41) is 0. The van der Waals surface area contributed by atoms with Gasteiger partial charge in [-0.3, -0.25) is 0 Å². The van der Waals surface area contributed by atoms with Gasteiger partial charge in [0.25, 0.3) is 0 Å². The van der Waals surface area contributed by atoms with Crippen LogP contribution in [0.5, 0.6) is 0 Å². The van der Waals surface area contributed by atoms with Crippen molar-refractivity contribution in [2.75, 3.05) is 18.1 Å². The highest BCUT2D eigenvalue weighted by molar-refractivity contribution is 7.91. The first-order valence-electron chi connectivity index (χ1n) is 6.02. The zero-order valence-corrected chi connectivity index (χ0v) is 10.9. The van der Waals surface area contributed by atoms with Gasteiger partial charge in [-0.1, -0.05) is 31.2 Å². The smallest absolute Gasteiger partial charge is 0.150 e. The minimum atomic E-state index is -2.79. The second-order valence-electron chi connectivity index (χ2n) is 4.90. The third-order valence-electron chi connectivity index (χ3n) is 3.56. The highest BCUT2D eigenvalue weighted by Gasteiger charge is 2.28. The molecule has 0 aliphatic carbocycles. The molecule has 94 valence electrons. The van der Waals surface area contributed by atoms with Crippen molar-refractivity contribution in [1.82, 2.24) is 0 Å². The van der Waals surface area contributed by atoms with Crippen molar-refractivity contribution in [2.24, 2.45) is 5.73 Å². The van der Waals surface area contributed by atoms with Gasteiger partial charge in [-0.2, -0.15) is 0 Å². The molecule has 1 aromatic rings. The molecule has 1 aliphatic rings. The van der Waals surface area contributed by atoms with E-state index < -0.39 is 9.84 Å². The molecule has 0 radical (unpaired) electrons. The molecule has 0 saturated carbocycles. The zero-order chi connectivity index (χ0) is 12.5. The lowest BCUT2D eigenvalue weighted by Crippen LogP contribution is -2.09. The van der Waals surface area contributed by atoms with Crippen LogP contribution >= 0.6 is 0 Å². The summed E-state index contributed by atoms with van der Waals surface area (Å²) in [6.45, 7) is 2.73. The van der Waals surface area contributed by atoms with Crippen LogP contribution in [0.15, 0.2) is 24.3 Å². The Labute approximate surface area is 103 Å². The molecule has 0 aromatic heterocycles. The van der Waals surface area contributed by atoms with Gasteiger partial charge in [-0.25, -0.2) is 8.42 Å². The van der Waals surface area contributed by atoms with Crippen LogP contribution in [-0.2, 0) is 9.84 Å². The van der Waals surface area contributed by atoms with E-state index in [0.717, 1.165) is 12.0 Å². The minimum Gasteiger partial charge on any atom is -0.330 e. The summed E-state index contributed by atoms with van der Waals surface area (Å²) in [5.74, 6) is 1.18. The topological polar surface area (TPSA) is 60.2 Å². The lowest BCUT2D eigenvalue weighted by molar-refractivity contribution is 0.601. The molecule has 2 rings (SSSR count). The second-order valence-corrected chi connectivity index (χ2v) is 7.13. The van der Waals surface area contributed by atoms with Gasteiger partial charge in [0.1, 0.15) is 0 Å². The molecule has 3 nitrogen and oxygen atoms in total. The molecule has 2 unspecified atom stereocenters. The molecule has 2 atom stereocenters. The molecular formula is C13H19NO2S. The van der Waals surface area contributed by atoms with Crippen LogP contribution in [0.1, 0.15) is 36.3 Å². The van der Waals surface area contributed by atoms with Gasteiger partial charge in [-0.15, -0.1) is 0 Å². The van der Waals surface area contributed by atoms with E-state index in [9.17, 15) is 8.42 Å². The molecule has 0 bridgehead atoms. The van der Waals surface area contributed by atoms with E-state index in [4.69, 9.17) is 5.73 Å². The highest BCUT2D eigenvalue weighted by Crippen LogP contribution is 2.29. The van der Waals surface area contributed by atoms with Crippen LogP contribution in [0.2, 0.25) is 0 Å². The summed E-state index contributed by atoms with van der Waals surface area (Å²) >= 11 is 0. The van der Waals surface area contributed by atoms with Crippen molar-refractivity contribution in [3.8, 4) is 0 Å². The fourth-order valence-electron chi connectivity index (χ4n) is 2.29. The van der Waals surface area contributed by atoms with Gasteiger partial charge in [0.15, 0.2) is 9.84 Å². The molecule has 1 aromatic carbocycles. The van der Waals surface area contributed by atoms with Gasteiger partial charge in [-0.05, 0) is 35.9 Å². The maximum atomic E-state index is 11.4. The van der Waals surface area contributed by atoms with Crippen molar-refractivity contribution in [3.05, 3.63) is 35.4 Å². The number of hydrogen-bond donors (Lipinski definition) is 1. The average molecular weight is 253 g/mol. The Bertz CT molecular complexity index is 479. The van der Waals surface area contributed by atoms with Gasteiger partial charge in [0.2, 0.25) is 0 Å². The Balaban J connectivity index is 2.14. The van der Waals surface area contributed by atoms with Crippen molar-refractivity contribution in [2.45, 2.75) is 25.2 Å². The fraction of sp³-hybridized carbons (Fsp3) is 0.538. The maximum Gasteiger partial charge on any atom is 0.150 e. The van der Waals surface area contributed by atoms with E-state index in [1.165, 1.54) is 5.56 Å². The van der Waals surface area contributed by atoms with E-state index in [1.54, 1.807) is 0 Å². The molecular weight excluding hydrogens is 234 g/mol. The van der Waals surface area contributed by atoms with Crippen LogP contribution < -0.4 is 5.73 Å². The van der Waals surface area contributed by atoms with E-state index in [1.807, 2.05) is 12.1 Å². The molecule has 4 heteroatoms. The van der Waals surface area contributed by atoms with E-state index in [0.29, 0.717) is 24.0 Å². The summed E-state index contributed by atoms with van der Waals surface area (Å²) in [6, 6.07) is 8.23. The lowest BCUT2D eigenvalue weighted by Gasteiger charge is -2.12. The first-order valence-corrected chi connectivity index (χ1v) is 7.84. The summed E-state index contributed by atoms with van der Waals surface area (Å²) in [6.07, 6.45) is 0.758. The Hall–Kier alpha value is -0.870. The maximum absolute atomic E-state index is 11.4. The summed E-state index contributed by atoms with van der Waals surface area (Å²) in [5.41, 5.74) is 7.98. The molecule has 1 fully saturated rings. The number of rotatable bonds is 3. The normalized spacial score (nSPS) is 24.7. The predicted molar refractivity (Wildman–Crippen MR) is 69.9 cm³/mol. The van der Waals surface area contributed by atoms with Crippen molar-refractivity contribution >= 4 is 9.84 Å².